The van der Waals surface area contributed by atoms with Gasteiger partial charge in [0.2, 0.25) is 0 Å². The Morgan fingerprint density at radius 3 is 2.61 bits per heavy atom. The van der Waals surface area contributed by atoms with Crippen molar-refractivity contribution >= 4 is 17.3 Å². The topological polar surface area (TPSA) is 77.0 Å². The minimum absolute atomic E-state index is 0.415. The van der Waals surface area contributed by atoms with Crippen molar-refractivity contribution in [1.82, 2.24) is 4.98 Å². The molecule has 4 heteroatoms. The number of pyridine rings is 1. The van der Waals surface area contributed by atoms with Crippen LogP contribution in [-0.4, -0.2) is 11.0 Å². The van der Waals surface area contributed by atoms with Gasteiger partial charge in [0.25, 0.3) is 0 Å². The van der Waals surface area contributed by atoms with Gasteiger partial charge < -0.3 is 16.8 Å². The van der Waals surface area contributed by atoms with E-state index >= 15 is 0 Å². The third-order valence-electron chi connectivity index (χ3n) is 3.95. The molecule has 2 rings (SSSR count). The highest BCUT2D eigenvalue weighted by atomic mass is 15.0. The SMILES string of the molecule is CCC(Nc1ccc(N)c(N)n1)C1CCCCC1. The predicted octanol–water partition coefficient (Wildman–Crippen LogP) is 3.02. The van der Waals surface area contributed by atoms with Gasteiger partial charge in [-0.3, -0.25) is 0 Å². The van der Waals surface area contributed by atoms with E-state index in [0.29, 0.717) is 17.5 Å². The summed E-state index contributed by atoms with van der Waals surface area (Å²) in [4.78, 5) is 4.30. The Morgan fingerprint density at radius 1 is 1.28 bits per heavy atom. The molecule has 1 heterocycles. The smallest absolute Gasteiger partial charge is 0.149 e. The second-order valence-corrected chi connectivity index (χ2v) is 5.23. The highest BCUT2D eigenvalue weighted by Gasteiger charge is 2.22. The van der Waals surface area contributed by atoms with Crippen LogP contribution in [-0.2, 0) is 0 Å². The Balaban J connectivity index is 2.02. The van der Waals surface area contributed by atoms with Crippen LogP contribution in [0.2, 0.25) is 0 Å². The third kappa shape index (κ3) is 3.06. The fourth-order valence-electron chi connectivity index (χ4n) is 2.85. The van der Waals surface area contributed by atoms with Gasteiger partial charge in [0.15, 0.2) is 0 Å². The zero-order chi connectivity index (χ0) is 13.0. The van der Waals surface area contributed by atoms with E-state index in [-0.39, 0.29) is 0 Å². The lowest BCUT2D eigenvalue weighted by Gasteiger charge is -2.30. The van der Waals surface area contributed by atoms with E-state index in [1.165, 1.54) is 32.1 Å². The van der Waals surface area contributed by atoms with E-state index < -0.39 is 0 Å². The van der Waals surface area contributed by atoms with Crippen molar-refractivity contribution in [3.63, 3.8) is 0 Å². The van der Waals surface area contributed by atoms with Crippen LogP contribution in [0.3, 0.4) is 0 Å². The van der Waals surface area contributed by atoms with E-state index in [4.69, 9.17) is 11.5 Å². The molecule has 0 amide bonds. The number of nitrogens with one attached hydrogen (secondary N) is 1. The van der Waals surface area contributed by atoms with E-state index in [1.54, 1.807) is 0 Å². The van der Waals surface area contributed by atoms with Gasteiger partial charge >= 0.3 is 0 Å². The average molecular weight is 248 g/mol. The van der Waals surface area contributed by atoms with Gasteiger partial charge in [-0.15, -0.1) is 0 Å². The van der Waals surface area contributed by atoms with Gasteiger partial charge in [0.1, 0.15) is 11.6 Å². The summed E-state index contributed by atoms with van der Waals surface area (Å²) < 4.78 is 0. The van der Waals surface area contributed by atoms with Crippen LogP contribution in [0.4, 0.5) is 17.3 Å². The first-order valence-corrected chi connectivity index (χ1v) is 6.99. The lowest BCUT2D eigenvalue weighted by Crippen LogP contribution is -2.30. The summed E-state index contributed by atoms with van der Waals surface area (Å²) in [6, 6.07) is 4.23. The van der Waals surface area contributed by atoms with Gasteiger partial charge in [-0.1, -0.05) is 26.2 Å². The molecule has 100 valence electrons. The molecule has 4 nitrogen and oxygen atoms in total. The molecule has 1 aromatic heterocycles. The summed E-state index contributed by atoms with van der Waals surface area (Å²) in [7, 11) is 0. The van der Waals surface area contributed by atoms with Crippen LogP contribution in [0.25, 0.3) is 0 Å². The molecule has 1 saturated carbocycles. The molecule has 0 spiro atoms. The van der Waals surface area contributed by atoms with E-state index in [0.717, 1.165) is 18.2 Å². The summed E-state index contributed by atoms with van der Waals surface area (Å²) in [5.74, 6) is 2.03. The minimum Gasteiger partial charge on any atom is -0.396 e. The number of nitrogens with zero attached hydrogens (tertiary/aromatic N) is 1. The monoisotopic (exact) mass is 248 g/mol. The number of hydrogen-bond acceptors (Lipinski definition) is 4. The minimum atomic E-state index is 0.415. The predicted molar refractivity (Wildman–Crippen MR) is 77.3 cm³/mol. The molecule has 0 saturated heterocycles. The number of aromatic nitrogens is 1. The van der Waals surface area contributed by atoms with E-state index in [2.05, 4.69) is 17.2 Å². The van der Waals surface area contributed by atoms with Gasteiger partial charge in [0.05, 0.1) is 5.69 Å². The maximum Gasteiger partial charge on any atom is 0.149 e. The van der Waals surface area contributed by atoms with Crippen molar-refractivity contribution in [2.75, 3.05) is 16.8 Å². The molecule has 1 fully saturated rings. The summed E-state index contributed by atoms with van der Waals surface area (Å²) in [5, 5.41) is 3.52. The molecule has 1 unspecified atom stereocenters. The summed E-state index contributed by atoms with van der Waals surface area (Å²) in [6.07, 6.45) is 7.89. The van der Waals surface area contributed by atoms with Crippen molar-refractivity contribution in [3.8, 4) is 0 Å². The Labute approximate surface area is 109 Å². The van der Waals surface area contributed by atoms with Crippen molar-refractivity contribution in [1.29, 1.82) is 0 Å². The van der Waals surface area contributed by atoms with E-state index in [9.17, 15) is 0 Å². The lowest BCUT2D eigenvalue weighted by atomic mass is 9.83. The molecule has 0 bridgehead atoms. The number of nitrogen functional groups attached to an aromatic ring is 2. The second kappa shape index (κ2) is 5.94. The molecule has 18 heavy (non-hydrogen) atoms. The fraction of sp³-hybridized carbons (Fsp3) is 0.643. The van der Waals surface area contributed by atoms with Crippen molar-refractivity contribution < 1.29 is 0 Å². The number of rotatable bonds is 4. The molecule has 1 aromatic rings. The fourth-order valence-corrected chi connectivity index (χ4v) is 2.85. The molecular weight excluding hydrogens is 224 g/mol. The van der Waals surface area contributed by atoms with Crippen LogP contribution >= 0.6 is 0 Å². The first-order chi connectivity index (χ1) is 8.70. The van der Waals surface area contributed by atoms with Crippen LogP contribution in [0, 0.1) is 5.92 Å². The van der Waals surface area contributed by atoms with Crippen molar-refractivity contribution in [2.24, 2.45) is 5.92 Å². The average Bonchev–Trinajstić information content (AvgIpc) is 2.41. The van der Waals surface area contributed by atoms with Crippen LogP contribution in [0.1, 0.15) is 45.4 Å². The third-order valence-corrected chi connectivity index (χ3v) is 3.95. The van der Waals surface area contributed by atoms with Gasteiger partial charge in [0, 0.05) is 6.04 Å². The van der Waals surface area contributed by atoms with E-state index in [1.807, 2.05) is 12.1 Å². The molecule has 0 aromatic carbocycles. The molecule has 1 atom stereocenters. The molecule has 0 aliphatic heterocycles. The number of nitrogens with two attached hydrogens (primary N) is 2. The zero-order valence-corrected chi connectivity index (χ0v) is 11.2. The second-order valence-electron chi connectivity index (χ2n) is 5.23. The van der Waals surface area contributed by atoms with Gasteiger partial charge in [-0.05, 0) is 37.3 Å². The number of hydrogen-bond donors (Lipinski definition) is 3. The Bertz CT molecular complexity index is 385. The standard InChI is InChI=1S/C14H24N4/c1-2-12(10-6-4-3-5-7-10)17-13-9-8-11(15)14(16)18-13/h8-10,12H,2-7,15H2,1H3,(H3,16,17,18). The largest absolute Gasteiger partial charge is 0.396 e. The zero-order valence-electron chi connectivity index (χ0n) is 11.2. The first kappa shape index (κ1) is 13.0. The Hall–Kier alpha value is -1.45. The first-order valence-electron chi connectivity index (χ1n) is 6.99. The summed E-state index contributed by atoms with van der Waals surface area (Å²) in [6.45, 7) is 2.23. The molecular formula is C14H24N4. The van der Waals surface area contributed by atoms with Crippen molar-refractivity contribution in [3.05, 3.63) is 12.1 Å². The Morgan fingerprint density at radius 2 is 2.00 bits per heavy atom. The summed E-state index contributed by atoms with van der Waals surface area (Å²) >= 11 is 0. The molecule has 1 aliphatic carbocycles. The highest BCUT2D eigenvalue weighted by molar-refractivity contribution is 5.61. The quantitative estimate of drug-likeness (QED) is 0.765. The molecule has 5 N–H and O–H groups in total. The molecule has 0 radical (unpaired) electrons. The maximum absolute atomic E-state index is 5.74. The van der Waals surface area contributed by atoms with Crippen molar-refractivity contribution in [2.45, 2.75) is 51.5 Å². The normalized spacial score (nSPS) is 18.5. The highest BCUT2D eigenvalue weighted by Crippen LogP contribution is 2.29. The van der Waals surface area contributed by atoms with Gasteiger partial charge in [-0.25, -0.2) is 4.98 Å². The van der Waals surface area contributed by atoms with Crippen LogP contribution in [0.5, 0.6) is 0 Å². The summed E-state index contributed by atoms with van der Waals surface area (Å²) in [5.41, 5.74) is 12.0. The number of anilines is 3. The molecule has 1 aliphatic rings. The lowest BCUT2D eigenvalue weighted by molar-refractivity contribution is 0.312. The van der Waals surface area contributed by atoms with Gasteiger partial charge in [-0.2, -0.15) is 0 Å². The Kier molecular flexibility index (Phi) is 4.28. The maximum atomic E-state index is 5.74. The van der Waals surface area contributed by atoms with Crippen LogP contribution < -0.4 is 16.8 Å². The van der Waals surface area contributed by atoms with Crippen LogP contribution in [0.15, 0.2) is 12.1 Å².